The summed E-state index contributed by atoms with van der Waals surface area (Å²) in [7, 11) is 2.16. The van der Waals surface area contributed by atoms with Crippen LogP contribution in [0.25, 0.3) is 0 Å². The van der Waals surface area contributed by atoms with Gasteiger partial charge in [0.15, 0.2) is 0 Å². The highest BCUT2D eigenvalue weighted by molar-refractivity contribution is 4.98. The summed E-state index contributed by atoms with van der Waals surface area (Å²) >= 11 is 0. The normalized spacial score (nSPS) is 36.0. The van der Waals surface area contributed by atoms with Gasteiger partial charge >= 0.3 is 0 Å². The maximum absolute atomic E-state index is 6.05. The lowest BCUT2D eigenvalue weighted by Gasteiger charge is -2.39. The van der Waals surface area contributed by atoms with Crippen molar-refractivity contribution in [3.05, 3.63) is 0 Å². The van der Waals surface area contributed by atoms with Crippen LogP contribution in [-0.2, 0) is 4.74 Å². The zero-order valence-electron chi connectivity index (χ0n) is 7.75. The lowest BCUT2D eigenvalue weighted by Crippen LogP contribution is -2.51. The van der Waals surface area contributed by atoms with E-state index < -0.39 is 0 Å². The largest absolute Gasteiger partial charge is 0.373 e. The number of ether oxygens (including phenoxy) is 1. The third kappa shape index (κ3) is 1.26. The van der Waals surface area contributed by atoms with Gasteiger partial charge in [-0.25, -0.2) is 0 Å². The van der Waals surface area contributed by atoms with Crippen LogP contribution < -0.4 is 5.73 Å². The molecule has 0 aliphatic carbocycles. The second kappa shape index (κ2) is 2.98. The fraction of sp³-hybridized carbons (Fsp3) is 1.00. The molecule has 2 saturated heterocycles. The predicted molar refractivity (Wildman–Crippen MR) is 48.0 cm³/mol. The quantitative estimate of drug-likeness (QED) is 0.564. The molecule has 12 heavy (non-hydrogen) atoms. The zero-order valence-corrected chi connectivity index (χ0v) is 7.75. The van der Waals surface area contributed by atoms with Crippen LogP contribution in [0.2, 0.25) is 0 Å². The van der Waals surface area contributed by atoms with Gasteiger partial charge in [-0.15, -0.1) is 0 Å². The van der Waals surface area contributed by atoms with Crippen LogP contribution in [0.3, 0.4) is 0 Å². The van der Waals surface area contributed by atoms with Crippen molar-refractivity contribution in [1.29, 1.82) is 0 Å². The molecule has 2 heterocycles. The van der Waals surface area contributed by atoms with Crippen molar-refractivity contribution >= 4 is 0 Å². The fourth-order valence-electron chi connectivity index (χ4n) is 2.27. The Morgan fingerprint density at radius 1 is 1.42 bits per heavy atom. The highest BCUT2D eigenvalue weighted by Crippen LogP contribution is 2.34. The number of nitrogens with zero attached hydrogens (tertiary/aromatic N) is 1. The van der Waals surface area contributed by atoms with Crippen LogP contribution in [0.15, 0.2) is 0 Å². The van der Waals surface area contributed by atoms with Crippen molar-refractivity contribution in [3.8, 4) is 0 Å². The maximum Gasteiger partial charge on any atom is 0.0857 e. The van der Waals surface area contributed by atoms with Crippen LogP contribution in [0.4, 0.5) is 0 Å². The molecule has 0 amide bonds. The van der Waals surface area contributed by atoms with E-state index in [-0.39, 0.29) is 11.6 Å². The summed E-state index contributed by atoms with van der Waals surface area (Å²) in [6.45, 7) is 3.13. The van der Waals surface area contributed by atoms with E-state index >= 15 is 0 Å². The topological polar surface area (TPSA) is 38.5 Å². The molecule has 1 unspecified atom stereocenters. The van der Waals surface area contributed by atoms with Gasteiger partial charge in [-0.05, 0) is 26.3 Å². The molecule has 70 valence electrons. The molecule has 0 aromatic heterocycles. The predicted octanol–water partition coefficient (Wildman–Crippen LogP) is 0.198. The highest BCUT2D eigenvalue weighted by Gasteiger charge is 2.43. The molecule has 2 rings (SSSR count). The Kier molecular flexibility index (Phi) is 2.10. The van der Waals surface area contributed by atoms with Gasteiger partial charge in [0.2, 0.25) is 0 Å². The second-order valence-electron chi connectivity index (χ2n) is 4.11. The molecule has 2 fully saturated rings. The molecule has 3 heteroatoms. The first kappa shape index (κ1) is 8.48. The van der Waals surface area contributed by atoms with E-state index in [1.807, 2.05) is 0 Å². The Labute approximate surface area is 73.9 Å². The third-order valence-corrected chi connectivity index (χ3v) is 3.33. The maximum atomic E-state index is 6.05. The summed E-state index contributed by atoms with van der Waals surface area (Å²) in [5.74, 6) is 0. The standard InChI is InChI=1S/C9H18N2O/c1-11-5-3-9(4-6-11)8(10)2-7-12-9/h8H,2-7,10H2,1H3. The first-order chi connectivity index (χ1) is 5.73. The van der Waals surface area contributed by atoms with Crippen molar-refractivity contribution in [2.45, 2.75) is 30.9 Å². The van der Waals surface area contributed by atoms with Crippen LogP contribution in [-0.4, -0.2) is 43.3 Å². The van der Waals surface area contributed by atoms with Gasteiger partial charge in [-0.2, -0.15) is 0 Å². The summed E-state index contributed by atoms with van der Waals surface area (Å²) < 4.78 is 5.79. The summed E-state index contributed by atoms with van der Waals surface area (Å²) in [4.78, 5) is 2.35. The minimum Gasteiger partial charge on any atom is -0.373 e. The first-order valence-corrected chi connectivity index (χ1v) is 4.81. The molecule has 0 aromatic carbocycles. The Morgan fingerprint density at radius 2 is 2.08 bits per heavy atom. The van der Waals surface area contributed by atoms with Crippen LogP contribution >= 0.6 is 0 Å². The average molecular weight is 170 g/mol. The van der Waals surface area contributed by atoms with Gasteiger partial charge in [0.25, 0.3) is 0 Å². The Hall–Kier alpha value is -0.120. The highest BCUT2D eigenvalue weighted by atomic mass is 16.5. The molecule has 0 aromatic rings. The van der Waals surface area contributed by atoms with E-state index in [0.717, 1.165) is 39.0 Å². The molecule has 1 spiro atoms. The number of piperidine rings is 1. The lowest BCUT2D eigenvalue weighted by molar-refractivity contribution is -0.0467. The SMILES string of the molecule is CN1CCC2(CC1)OCCC2N. The van der Waals surface area contributed by atoms with Gasteiger partial charge in [0.05, 0.1) is 5.60 Å². The van der Waals surface area contributed by atoms with Gasteiger partial charge in [0, 0.05) is 25.7 Å². The molecule has 2 aliphatic rings. The summed E-state index contributed by atoms with van der Waals surface area (Å²) in [5.41, 5.74) is 6.09. The van der Waals surface area contributed by atoms with E-state index in [1.54, 1.807) is 0 Å². The van der Waals surface area contributed by atoms with Gasteiger partial charge < -0.3 is 15.4 Å². The summed E-state index contributed by atoms with van der Waals surface area (Å²) in [5, 5.41) is 0. The zero-order chi connectivity index (χ0) is 8.60. The van der Waals surface area contributed by atoms with E-state index in [9.17, 15) is 0 Å². The molecule has 2 aliphatic heterocycles. The molecular formula is C9H18N2O. The summed E-state index contributed by atoms with van der Waals surface area (Å²) in [6, 6.07) is 0.284. The third-order valence-electron chi connectivity index (χ3n) is 3.33. The smallest absolute Gasteiger partial charge is 0.0857 e. The van der Waals surface area contributed by atoms with Crippen molar-refractivity contribution in [3.63, 3.8) is 0 Å². The molecule has 0 saturated carbocycles. The molecule has 3 nitrogen and oxygen atoms in total. The van der Waals surface area contributed by atoms with Gasteiger partial charge in [-0.3, -0.25) is 0 Å². The Morgan fingerprint density at radius 3 is 2.58 bits per heavy atom. The van der Waals surface area contributed by atoms with E-state index in [4.69, 9.17) is 10.5 Å². The summed E-state index contributed by atoms with van der Waals surface area (Å²) in [6.07, 6.45) is 3.28. The molecule has 2 N–H and O–H groups in total. The van der Waals surface area contributed by atoms with Crippen LogP contribution in [0.5, 0.6) is 0 Å². The number of hydrogen-bond donors (Lipinski definition) is 1. The average Bonchev–Trinajstić information content (AvgIpc) is 2.41. The van der Waals surface area contributed by atoms with Crippen molar-refractivity contribution < 1.29 is 4.74 Å². The monoisotopic (exact) mass is 170 g/mol. The van der Waals surface area contributed by atoms with E-state index in [2.05, 4.69) is 11.9 Å². The van der Waals surface area contributed by atoms with Crippen molar-refractivity contribution in [1.82, 2.24) is 4.90 Å². The number of hydrogen-bond acceptors (Lipinski definition) is 3. The molecule has 0 radical (unpaired) electrons. The number of rotatable bonds is 0. The second-order valence-corrected chi connectivity index (χ2v) is 4.11. The lowest BCUT2D eigenvalue weighted by atomic mass is 9.85. The number of nitrogens with two attached hydrogens (primary N) is 1. The van der Waals surface area contributed by atoms with Crippen molar-refractivity contribution in [2.75, 3.05) is 26.7 Å². The van der Waals surface area contributed by atoms with E-state index in [0.29, 0.717) is 0 Å². The Bertz CT molecular complexity index is 164. The van der Waals surface area contributed by atoms with Crippen LogP contribution in [0.1, 0.15) is 19.3 Å². The Balaban J connectivity index is 2.02. The first-order valence-electron chi connectivity index (χ1n) is 4.81. The fourth-order valence-corrected chi connectivity index (χ4v) is 2.27. The van der Waals surface area contributed by atoms with Crippen LogP contribution in [0, 0.1) is 0 Å². The van der Waals surface area contributed by atoms with E-state index in [1.165, 1.54) is 0 Å². The minimum atomic E-state index is 0.0481. The van der Waals surface area contributed by atoms with Crippen molar-refractivity contribution in [2.24, 2.45) is 5.73 Å². The minimum absolute atomic E-state index is 0.0481. The number of likely N-dealkylation sites (tertiary alicyclic amines) is 1. The molecule has 1 atom stereocenters. The molecule has 0 bridgehead atoms. The van der Waals surface area contributed by atoms with Gasteiger partial charge in [0.1, 0.15) is 0 Å². The molecular weight excluding hydrogens is 152 g/mol. The van der Waals surface area contributed by atoms with Gasteiger partial charge in [-0.1, -0.05) is 0 Å².